The Balaban J connectivity index is 2.83. The molecule has 5 nitrogen and oxygen atoms in total. The van der Waals surface area contributed by atoms with Gasteiger partial charge in [0.15, 0.2) is 6.10 Å². The minimum atomic E-state index is -1.67. The maximum atomic E-state index is 11.2. The number of carbonyl (C=O) groups is 2. The summed E-state index contributed by atoms with van der Waals surface area (Å²) in [5, 5.41) is 18.4. The van der Waals surface area contributed by atoms with Crippen LogP contribution in [-0.2, 0) is 20.7 Å². The van der Waals surface area contributed by atoms with Crippen molar-refractivity contribution in [3.63, 3.8) is 0 Å². The summed E-state index contributed by atoms with van der Waals surface area (Å²) in [5.41, 5.74) is 0.725. The molecule has 104 valence electrons. The summed E-state index contributed by atoms with van der Waals surface area (Å²) in [4.78, 5) is 22.0. The van der Waals surface area contributed by atoms with Crippen LogP contribution in [0.15, 0.2) is 18.2 Å². The van der Waals surface area contributed by atoms with E-state index < -0.39 is 12.1 Å². The van der Waals surface area contributed by atoms with Crippen molar-refractivity contribution in [1.29, 1.82) is 0 Å². The minimum absolute atomic E-state index is 0.121. The van der Waals surface area contributed by atoms with Crippen LogP contribution in [-0.4, -0.2) is 28.8 Å². The van der Waals surface area contributed by atoms with Gasteiger partial charge < -0.3 is 14.9 Å². The molecule has 0 aliphatic heterocycles. The van der Waals surface area contributed by atoms with Crippen LogP contribution in [0, 0.1) is 0 Å². The predicted molar refractivity (Wildman–Crippen MR) is 69.0 cm³/mol. The van der Waals surface area contributed by atoms with Crippen molar-refractivity contribution < 1.29 is 24.5 Å². The molecule has 0 bridgehead atoms. The molecule has 0 aromatic heterocycles. The minimum Gasteiger partial charge on any atom is -0.479 e. The first-order valence-corrected chi connectivity index (χ1v) is 6.19. The van der Waals surface area contributed by atoms with E-state index in [0.29, 0.717) is 18.6 Å². The van der Waals surface area contributed by atoms with Crippen molar-refractivity contribution in [2.24, 2.45) is 0 Å². The molecule has 19 heavy (non-hydrogen) atoms. The predicted octanol–water partition coefficient (Wildman–Crippen LogP) is 1.95. The van der Waals surface area contributed by atoms with Crippen molar-refractivity contribution in [3.8, 4) is 0 Å². The van der Waals surface area contributed by atoms with Gasteiger partial charge in [0.2, 0.25) is 0 Å². The quantitative estimate of drug-likeness (QED) is 0.781. The summed E-state index contributed by atoms with van der Waals surface area (Å²) in [6, 6.07) is 4.71. The summed E-state index contributed by atoms with van der Waals surface area (Å²) in [6.07, 6.45) is -1.19. The largest absolute Gasteiger partial charge is 0.479 e. The lowest BCUT2D eigenvalue weighted by Gasteiger charge is -2.11. The van der Waals surface area contributed by atoms with Gasteiger partial charge in [0.05, 0.1) is 11.6 Å². The van der Waals surface area contributed by atoms with Crippen LogP contribution in [0.5, 0.6) is 0 Å². The number of benzene rings is 1. The Morgan fingerprint density at radius 2 is 2.11 bits per heavy atom. The first-order valence-electron chi connectivity index (χ1n) is 5.81. The topological polar surface area (TPSA) is 83.8 Å². The number of aliphatic hydroxyl groups is 1. The normalized spacial score (nSPS) is 11.9. The number of hydrogen-bond donors (Lipinski definition) is 2. The van der Waals surface area contributed by atoms with Crippen LogP contribution in [0.1, 0.15) is 30.6 Å². The lowest BCUT2D eigenvalue weighted by atomic mass is 10.0. The SMILES string of the molecule is CCOC(=O)CCc1cccc(C(O)C(=O)O)c1Cl. The molecular formula is C13H15ClO5. The molecule has 2 N–H and O–H groups in total. The zero-order valence-electron chi connectivity index (χ0n) is 10.4. The van der Waals surface area contributed by atoms with Gasteiger partial charge in [-0.3, -0.25) is 4.79 Å². The Labute approximate surface area is 115 Å². The van der Waals surface area contributed by atoms with Crippen LogP contribution in [0.4, 0.5) is 0 Å². The molecule has 0 heterocycles. The highest BCUT2D eigenvalue weighted by Crippen LogP contribution is 2.27. The molecule has 0 fully saturated rings. The van der Waals surface area contributed by atoms with Gasteiger partial charge in [-0.2, -0.15) is 0 Å². The first-order chi connectivity index (χ1) is 8.97. The second-order valence-electron chi connectivity index (χ2n) is 3.87. The first kappa shape index (κ1) is 15.5. The number of hydrogen-bond acceptors (Lipinski definition) is 4. The van der Waals surface area contributed by atoms with E-state index in [1.54, 1.807) is 19.1 Å². The summed E-state index contributed by atoms with van der Waals surface area (Å²) < 4.78 is 4.79. The van der Waals surface area contributed by atoms with Gasteiger partial charge in [0.1, 0.15) is 0 Å². The van der Waals surface area contributed by atoms with Crippen LogP contribution >= 0.6 is 11.6 Å². The zero-order valence-corrected chi connectivity index (χ0v) is 11.2. The monoisotopic (exact) mass is 286 g/mol. The summed E-state index contributed by atoms with van der Waals surface area (Å²) in [5.74, 6) is -1.72. The molecule has 0 radical (unpaired) electrons. The van der Waals surface area contributed by atoms with Crippen LogP contribution in [0.2, 0.25) is 5.02 Å². The molecule has 0 spiro atoms. The highest BCUT2D eigenvalue weighted by molar-refractivity contribution is 6.32. The number of esters is 1. The van der Waals surface area contributed by atoms with Crippen LogP contribution < -0.4 is 0 Å². The van der Waals surface area contributed by atoms with Gasteiger partial charge in [-0.05, 0) is 18.9 Å². The third kappa shape index (κ3) is 4.22. The van der Waals surface area contributed by atoms with Gasteiger partial charge in [-0.15, -0.1) is 0 Å². The number of carboxylic acids is 1. The zero-order chi connectivity index (χ0) is 14.4. The van der Waals surface area contributed by atoms with E-state index in [0.717, 1.165) is 0 Å². The van der Waals surface area contributed by atoms with Crippen molar-refractivity contribution in [1.82, 2.24) is 0 Å². The van der Waals surface area contributed by atoms with Crippen molar-refractivity contribution in [3.05, 3.63) is 34.3 Å². The maximum Gasteiger partial charge on any atom is 0.337 e. The van der Waals surface area contributed by atoms with Gasteiger partial charge in [0, 0.05) is 12.0 Å². The molecule has 1 unspecified atom stereocenters. The smallest absolute Gasteiger partial charge is 0.337 e. The fourth-order valence-corrected chi connectivity index (χ4v) is 1.93. The Morgan fingerprint density at radius 3 is 2.68 bits per heavy atom. The van der Waals surface area contributed by atoms with E-state index in [1.807, 2.05) is 0 Å². The number of aliphatic carboxylic acids is 1. The summed E-state index contributed by atoms with van der Waals surface area (Å²) >= 11 is 6.03. The van der Waals surface area contributed by atoms with Gasteiger partial charge in [0.25, 0.3) is 0 Å². The fraction of sp³-hybridized carbons (Fsp3) is 0.385. The van der Waals surface area contributed by atoms with Crippen molar-refractivity contribution in [2.75, 3.05) is 6.61 Å². The Hall–Kier alpha value is -1.59. The molecule has 1 atom stereocenters. The lowest BCUT2D eigenvalue weighted by molar-refractivity contribution is -0.147. The number of aryl methyl sites for hydroxylation is 1. The van der Waals surface area contributed by atoms with Gasteiger partial charge in [-0.1, -0.05) is 29.8 Å². The van der Waals surface area contributed by atoms with Crippen molar-refractivity contribution in [2.45, 2.75) is 25.9 Å². The summed E-state index contributed by atoms with van der Waals surface area (Å²) in [7, 11) is 0. The van der Waals surface area contributed by atoms with E-state index in [9.17, 15) is 14.7 Å². The highest BCUT2D eigenvalue weighted by Gasteiger charge is 2.20. The number of halogens is 1. The van der Waals surface area contributed by atoms with E-state index in [-0.39, 0.29) is 23.0 Å². The van der Waals surface area contributed by atoms with Gasteiger partial charge in [-0.25, -0.2) is 4.79 Å². The molecule has 1 rings (SSSR count). The molecule has 0 aliphatic carbocycles. The Bertz CT molecular complexity index is 472. The average molecular weight is 287 g/mol. The molecule has 1 aromatic rings. The molecule has 0 aliphatic rings. The molecular weight excluding hydrogens is 272 g/mol. The Morgan fingerprint density at radius 1 is 1.42 bits per heavy atom. The number of carbonyl (C=O) groups excluding carboxylic acids is 1. The van der Waals surface area contributed by atoms with Crippen LogP contribution in [0.3, 0.4) is 0 Å². The van der Waals surface area contributed by atoms with Crippen LogP contribution in [0.25, 0.3) is 0 Å². The van der Waals surface area contributed by atoms with E-state index >= 15 is 0 Å². The summed E-state index contributed by atoms with van der Waals surface area (Å²) in [6.45, 7) is 2.03. The number of carboxylic acid groups (broad SMARTS) is 1. The van der Waals surface area contributed by atoms with E-state index in [2.05, 4.69) is 0 Å². The maximum absolute atomic E-state index is 11.2. The number of ether oxygens (including phenoxy) is 1. The second-order valence-corrected chi connectivity index (χ2v) is 4.24. The highest BCUT2D eigenvalue weighted by atomic mass is 35.5. The van der Waals surface area contributed by atoms with Gasteiger partial charge >= 0.3 is 11.9 Å². The molecule has 0 saturated carbocycles. The lowest BCUT2D eigenvalue weighted by Crippen LogP contribution is -2.12. The third-order valence-electron chi connectivity index (χ3n) is 2.54. The molecule has 0 saturated heterocycles. The Kier molecular flexibility index (Phi) is 5.79. The number of rotatable bonds is 6. The third-order valence-corrected chi connectivity index (χ3v) is 3.00. The van der Waals surface area contributed by atoms with E-state index in [4.69, 9.17) is 21.4 Å². The fourth-order valence-electron chi connectivity index (χ4n) is 1.61. The van der Waals surface area contributed by atoms with Crippen molar-refractivity contribution >= 4 is 23.5 Å². The molecule has 0 amide bonds. The second kappa shape index (κ2) is 7.11. The molecule has 6 heteroatoms. The molecule has 1 aromatic carbocycles. The number of aliphatic hydroxyl groups excluding tert-OH is 1. The standard InChI is InChI=1S/C13H15ClO5/c1-2-19-10(15)7-6-8-4-3-5-9(11(8)14)12(16)13(17)18/h3-5,12,16H,2,6-7H2,1H3,(H,17,18). The average Bonchev–Trinajstić information content (AvgIpc) is 2.37. The van der Waals surface area contributed by atoms with E-state index in [1.165, 1.54) is 6.07 Å².